The maximum atomic E-state index is 12.7. The number of aromatic nitrogens is 1. The monoisotopic (exact) mass is 299 g/mol. The lowest BCUT2D eigenvalue weighted by Gasteiger charge is -2.11. The van der Waals surface area contributed by atoms with Gasteiger partial charge < -0.3 is 14.0 Å². The number of nitrogens with zero attached hydrogens (tertiary/aromatic N) is 1. The first kappa shape index (κ1) is 15.9. The Morgan fingerprint density at radius 2 is 2.00 bits per heavy atom. The minimum absolute atomic E-state index is 0.0236. The number of aryl methyl sites for hydroxylation is 1. The van der Waals surface area contributed by atoms with Gasteiger partial charge in [0.05, 0.1) is 19.9 Å². The van der Waals surface area contributed by atoms with Gasteiger partial charge in [-0.05, 0) is 43.2 Å². The van der Waals surface area contributed by atoms with Crippen molar-refractivity contribution < 1.29 is 14.3 Å². The topological polar surface area (TPSA) is 40.5 Å². The predicted molar refractivity (Wildman–Crippen MR) is 86.8 cm³/mol. The lowest BCUT2D eigenvalue weighted by molar-refractivity contribution is 0.103. The fourth-order valence-electron chi connectivity index (χ4n) is 2.35. The second kappa shape index (κ2) is 7.50. The molecule has 0 fully saturated rings. The highest BCUT2D eigenvalue weighted by atomic mass is 16.5. The summed E-state index contributed by atoms with van der Waals surface area (Å²) in [6.45, 7) is 4.52. The van der Waals surface area contributed by atoms with Crippen molar-refractivity contribution in [1.82, 2.24) is 4.57 Å². The molecule has 22 heavy (non-hydrogen) atoms. The Balaban J connectivity index is 2.25. The molecule has 0 bridgehead atoms. The van der Waals surface area contributed by atoms with Gasteiger partial charge in [0, 0.05) is 18.3 Å². The number of unbranched alkanes of at least 4 members (excludes halogenated alkanes) is 1. The SMILES string of the molecule is C=CCCCn1cccc1C(=O)c1ccc(OC)c(OC)c1. The van der Waals surface area contributed by atoms with Crippen molar-refractivity contribution in [1.29, 1.82) is 0 Å². The van der Waals surface area contributed by atoms with Crippen LogP contribution in [0.5, 0.6) is 11.5 Å². The van der Waals surface area contributed by atoms with Crippen LogP contribution in [0, 0.1) is 0 Å². The second-order valence-corrected chi connectivity index (χ2v) is 4.92. The van der Waals surface area contributed by atoms with E-state index in [0.717, 1.165) is 19.4 Å². The van der Waals surface area contributed by atoms with E-state index in [4.69, 9.17) is 9.47 Å². The summed E-state index contributed by atoms with van der Waals surface area (Å²) in [4.78, 5) is 12.7. The molecule has 1 aromatic heterocycles. The Morgan fingerprint density at radius 3 is 2.68 bits per heavy atom. The molecule has 0 amide bonds. The Hall–Kier alpha value is -2.49. The van der Waals surface area contributed by atoms with E-state index in [-0.39, 0.29) is 5.78 Å². The minimum Gasteiger partial charge on any atom is -0.493 e. The average Bonchev–Trinajstić information content (AvgIpc) is 3.02. The van der Waals surface area contributed by atoms with E-state index in [0.29, 0.717) is 22.8 Å². The van der Waals surface area contributed by atoms with Crippen LogP contribution in [0.15, 0.2) is 49.2 Å². The average molecular weight is 299 g/mol. The van der Waals surface area contributed by atoms with Crippen molar-refractivity contribution in [2.75, 3.05) is 14.2 Å². The molecule has 0 unspecified atom stereocenters. The van der Waals surface area contributed by atoms with Gasteiger partial charge in [0.15, 0.2) is 11.5 Å². The summed E-state index contributed by atoms with van der Waals surface area (Å²) in [6, 6.07) is 8.94. The molecule has 1 heterocycles. The van der Waals surface area contributed by atoms with Crippen LogP contribution >= 0.6 is 0 Å². The second-order valence-electron chi connectivity index (χ2n) is 4.92. The summed E-state index contributed by atoms with van der Waals surface area (Å²) in [5.74, 6) is 1.14. The Labute approximate surface area is 131 Å². The zero-order valence-corrected chi connectivity index (χ0v) is 13.0. The zero-order chi connectivity index (χ0) is 15.9. The first-order chi connectivity index (χ1) is 10.7. The number of rotatable bonds is 8. The summed E-state index contributed by atoms with van der Waals surface area (Å²) in [5.41, 5.74) is 1.26. The van der Waals surface area contributed by atoms with E-state index in [9.17, 15) is 4.79 Å². The van der Waals surface area contributed by atoms with E-state index in [1.54, 1.807) is 32.4 Å². The Bertz CT molecular complexity index is 658. The quantitative estimate of drug-likeness (QED) is 0.424. The Kier molecular flexibility index (Phi) is 5.42. The summed E-state index contributed by atoms with van der Waals surface area (Å²) >= 11 is 0. The third-order valence-corrected chi connectivity index (χ3v) is 3.52. The highest BCUT2D eigenvalue weighted by Gasteiger charge is 2.15. The molecule has 4 nitrogen and oxygen atoms in total. The molecule has 0 N–H and O–H groups in total. The van der Waals surface area contributed by atoms with Gasteiger partial charge in [-0.2, -0.15) is 0 Å². The number of allylic oxidation sites excluding steroid dienone is 1. The smallest absolute Gasteiger partial charge is 0.209 e. The van der Waals surface area contributed by atoms with Gasteiger partial charge in [0.2, 0.25) is 5.78 Å². The van der Waals surface area contributed by atoms with E-state index in [1.807, 2.05) is 29.0 Å². The number of carbonyl (C=O) groups is 1. The number of benzene rings is 1. The van der Waals surface area contributed by atoms with Crippen LogP contribution in [-0.4, -0.2) is 24.6 Å². The number of hydrogen-bond acceptors (Lipinski definition) is 3. The van der Waals surface area contributed by atoms with E-state index in [1.165, 1.54) is 0 Å². The van der Waals surface area contributed by atoms with Crippen molar-refractivity contribution in [3.8, 4) is 11.5 Å². The Morgan fingerprint density at radius 1 is 1.23 bits per heavy atom. The number of carbonyl (C=O) groups excluding carboxylic acids is 1. The summed E-state index contributed by atoms with van der Waals surface area (Å²) in [7, 11) is 3.13. The minimum atomic E-state index is -0.0236. The van der Waals surface area contributed by atoms with Gasteiger partial charge in [-0.1, -0.05) is 6.08 Å². The molecule has 116 valence electrons. The maximum absolute atomic E-state index is 12.7. The third kappa shape index (κ3) is 3.39. The molecule has 0 aliphatic rings. The molecule has 2 aromatic rings. The molecule has 0 aliphatic heterocycles. The summed E-state index contributed by atoms with van der Waals surface area (Å²) < 4.78 is 12.4. The van der Waals surface area contributed by atoms with Gasteiger partial charge >= 0.3 is 0 Å². The molecule has 1 aromatic carbocycles. The predicted octanol–water partition coefficient (Wildman–Crippen LogP) is 3.70. The lowest BCUT2D eigenvalue weighted by atomic mass is 10.1. The van der Waals surface area contributed by atoms with Gasteiger partial charge in [-0.15, -0.1) is 6.58 Å². The van der Waals surface area contributed by atoms with E-state index >= 15 is 0 Å². The largest absolute Gasteiger partial charge is 0.493 e. The van der Waals surface area contributed by atoms with Crippen LogP contribution in [0.25, 0.3) is 0 Å². The fraction of sp³-hybridized carbons (Fsp3) is 0.278. The summed E-state index contributed by atoms with van der Waals surface area (Å²) in [5, 5.41) is 0. The molecule has 0 saturated carbocycles. The molecular weight excluding hydrogens is 278 g/mol. The molecule has 0 aliphatic carbocycles. The maximum Gasteiger partial charge on any atom is 0.209 e. The summed E-state index contributed by atoms with van der Waals surface area (Å²) in [6.07, 6.45) is 5.71. The molecular formula is C18H21NO3. The number of ether oxygens (including phenoxy) is 2. The highest BCUT2D eigenvalue weighted by Crippen LogP contribution is 2.28. The molecule has 0 spiro atoms. The van der Waals surface area contributed by atoms with Crippen LogP contribution in [0.3, 0.4) is 0 Å². The van der Waals surface area contributed by atoms with Crippen molar-refractivity contribution >= 4 is 5.78 Å². The normalized spacial score (nSPS) is 10.3. The van der Waals surface area contributed by atoms with Gasteiger partial charge in [-0.25, -0.2) is 0 Å². The number of ketones is 1. The molecule has 0 atom stereocenters. The van der Waals surface area contributed by atoms with Crippen LogP contribution < -0.4 is 9.47 Å². The standard InChI is InChI=1S/C18H21NO3/c1-4-5-6-11-19-12-7-8-15(19)18(20)14-9-10-16(21-2)17(13-14)22-3/h4,7-10,12-13H,1,5-6,11H2,2-3H3. The van der Waals surface area contributed by atoms with Crippen LogP contribution in [0.2, 0.25) is 0 Å². The van der Waals surface area contributed by atoms with E-state index in [2.05, 4.69) is 6.58 Å². The third-order valence-electron chi connectivity index (χ3n) is 3.52. The van der Waals surface area contributed by atoms with Crippen molar-refractivity contribution in [2.24, 2.45) is 0 Å². The van der Waals surface area contributed by atoms with Crippen LogP contribution in [0.1, 0.15) is 28.9 Å². The van der Waals surface area contributed by atoms with Crippen molar-refractivity contribution in [2.45, 2.75) is 19.4 Å². The van der Waals surface area contributed by atoms with Gasteiger partial charge in [0.25, 0.3) is 0 Å². The highest BCUT2D eigenvalue weighted by molar-refractivity contribution is 6.08. The molecule has 0 radical (unpaired) electrons. The van der Waals surface area contributed by atoms with Crippen LogP contribution in [0.4, 0.5) is 0 Å². The van der Waals surface area contributed by atoms with Crippen molar-refractivity contribution in [3.05, 3.63) is 60.4 Å². The molecule has 0 saturated heterocycles. The fourth-order valence-corrected chi connectivity index (χ4v) is 2.35. The number of methoxy groups -OCH3 is 2. The molecule has 2 rings (SSSR count). The number of hydrogen-bond donors (Lipinski definition) is 0. The first-order valence-electron chi connectivity index (χ1n) is 7.24. The van der Waals surface area contributed by atoms with Gasteiger partial charge in [-0.3, -0.25) is 4.79 Å². The van der Waals surface area contributed by atoms with Gasteiger partial charge in [0.1, 0.15) is 0 Å². The molecule has 4 heteroatoms. The zero-order valence-electron chi connectivity index (χ0n) is 13.0. The first-order valence-corrected chi connectivity index (χ1v) is 7.24. The van der Waals surface area contributed by atoms with Crippen molar-refractivity contribution in [3.63, 3.8) is 0 Å². The van der Waals surface area contributed by atoms with Crippen LogP contribution in [-0.2, 0) is 6.54 Å². The van der Waals surface area contributed by atoms with E-state index < -0.39 is 0 Å². The lowest BCUT2D eigenvalue weighted by Crippen LogP contribution is -2.10.